The van der Waals surface area contributed by atoms with Crippen molar-refractivity contribution in [2.45, 2.75) is 6.42 Å². The normalized spacial score (nSPS) is 16.2. The van der Waals surface area contributed by atoms with E-state index in [0.29, 0.717) is 0 Å². The van der Waals surface area contributed by atoms with Gasteiger partial charge in [-0.1, -0.05) is 36.4 Å². The molecule has 3 aromatic rings. The molecule has 0 N–H and O–H groups in total. The molecule has 5 rings (SSSR count). The molecule has 0 amide bonds. The largest absolute Gasteiger partial charge is 0.0814 e. The monoisotopic (exact) mass is 305 g/mol. The van der Waals surface area contributed by atoms with Crippen LogP contribution in [-0.4, -0.2) is 0 Å². The minimum absolute atomic E-state index is 0.963. The molecule has 0 aliphatic heterocycles. The Bertz CT molecular complexity index is 1020. The van der Waals surface area contributed by atoms with Crippen LogP contribution in [-0.2, 0) is 6.42 Å². The summed E-state index contributed by atoms with van der Waals surface area (Å²) in [5, 5.41) is 2.72. The first-order valence-electron chi connectivity index (χ1n) is 8.44. The van der Waals surface area contributed by atoms with E-state index in [-0.39, 0.29) is 0 Å². The molecule has 24 heavy (non-hydrogen) atoms. The average Bonchev–Trinajstić information content (AvgIpc) is 2.66. The lowest BCUT2D eigenvalue weighted by molar-refractivity contribution is 1.20. The van der Waals surface area contributed by atoms with Crippen molar-refractivity contribution in [1.29, 1.82) is 0 Å². The van der Waals surface area contributed by atoms with Gasteiger partial charge in [0.1, 0.15) is 0 Å². The molecular weight excluding hydrogens is 288 g/mol. The minimum atomic E-state index is 0.963. The van der Waals surface area contributed by atoms with Gasteiger partial charge in [0.15, 0.2) is 0 Å². The fourth-order valence-corrected chi connectivity index (χ4v) is 3.78. The van der Waals surface area contributed by atoms with Crippen LogP contribution in [0.3, 0.4) is 0 Å². The van der Waals surface area contributed by atoms with Crippen LogP contribution in [0.25, 0.3) is 22.9 Å². The van der Waals surface area contributed by atoms with Crippen molar-refractivity contribution < 1.29 is 0 Å². The second kappa shape index (κ2) is 5.28. The maximum Gasteiger partial charge on any atom is 0.0814 e. The SMILES string of the molecule is C1=Cc2ccc3cccc4c3c2[C+](C=C4)/C1=C\Cc1ccccc1. The van der Waals surface area contributed by atoms with Gasteiger partial charge in [0.05, 0.1) is 22.4 Å². The minimum Gasteiger partial charge on any atom is -0.0622 e. The van der Waals surface area contributed by atoms with E-state index in [9.17, 15) is 0 Å². The molecule has 0 saturated carbocycles. The highest BCUT2D eigenvalue weighted by Crippen LogP contribution is 2.43. The average molecular weight is 305 g/mol. The molecule has 0 heteroatoms. The van der Waals surface area contributed by atoms with Crippen LogP contribution >= 0.6 is 0 Å². The summed E-state index contributed by atoms with van der Waals surface area (Å²) in [6.07, 6.45) is 12.4. The van der Waals surface area contributed by atoms with Gasteiger partial charge >= 0.3 is 0 Å². The Hall–Kier alpha value is -2.99. The van der Waals surface area contributed by atoms with E-state index in [4.69, 9.17) is 0 Å². The second-order valence-corrected chi connectivity index (χ2v) is 6.40. The molecule has 0 nitrogen and oxygen atoms in total. The van der Waals surface area contributed by atoms with Crippen LogP contribution in [0, 0.1) is 5.92 Å². The third-order valence-electron chi connectivity index (χ3n) is 4.96. The van der Waals surface area contributed by atoms with Crippen molar-refractivity contribution in [3.63, 3.8) is 0 Å². The highest BCUT2D eigenvalue weighted by molar-refractivity contribution is 6.02. The molecule has 112 valence electrons. The first kappa shape index (κ1) is 13.4. The van der Waals surface area contributed by atoms with Crippen molar-refractivity contribution in [2.24, 2.45) is 0 Å². The summed E-state index contributed by atoms with van der Waals surface area (Å²) in [6, 6.07) is 21.7. The molecule has 0 atom stereocenters. The van der Waals surface area contributed by atoms with Crippen molar-refractivity contribution in [3.05, 3.63) is 113 Å². The highest BCUT2D eigenvalue weighted by Gasteiger charge is 2.31. The Kier molecular flexibility index (Phi) is 2.96. The summed E-state index contributed by atoms with van der Waals surface area (Å²) in [7, 11) is 0. The quantitative estimate of drug-likeness (QED) is 0.510. The fourth-order valence-electron chi connectivity index (χ4n) is 3.78. The Labute approximate surface area is 142 Å². The third-order valence-corrected chi connectivity index (χ3v) is 4.96. The van der Waals surface area contributed by atoms with Gasteiger partial charge in [0.2, 0.25) is 0 Å². The maximum absolute atomic E-state index is 2.35. The first-order valence-corrected chi connectivity index (χ1v) is 8.44. The standard InChI is InChI=1S/C24H17/c1-2-5-17(6-3-1)9-10-18-11-12-21-14-13-19-7-4-8-20-15-16-22(18)24(21)23(19)20/h1-8,10-16H,9H2/q+1/b18-10-. The van der Waals surface area contributed by atoms with Crippen LogP contribution in [0.1, 0.15) is 22.3 Å². The molecular formula is C24H17+. The van der Waals surface area contributed by atoms with Gasteiger partial charge in [-0.3, -0.25) is 0 Å². The third kappa shape index (κ3) is 2.04. The van der Waals surface area contributed by atoms with E-state index >= 15 is 0 Å². The zero-order valence-corrected chi connectivity index (χ0v) is 13.4. The molecule has 0 heterocycles. The summed E-state index contributed by atoms with van der Waals surface area (Å²) < 4.78 is 0. The lowest BCUT2D eigenvalue weighted by Gasteiger charge is -2.21. The van der Waals surface area contributed by atoms with Gasteiger partial charge < -0.3 is 0 Å². The topological polar surface area (TPSA) is 0 Å². The fraction of sp³-hybridized carbons (Fsp3) is 0.0417. The van der Waals surface area contributed by atoms with Crippen molar-refractivity contribution in [3.8, 4) is 0 Å². The van der Waals surface area contributed by atoms with E-state index in [0.717, 1.165) is 6.42 Å². The molecule has 0 unspecified atom stereocenters. The zero-order chi connectivity index (χ0) is 15.9. The number of benzene rings is 3. The Balaban J connectivity index is 1.63. The second-order valence-electron chi connectivity index (χ2n) is 6.40. The summed E-state index contributed by atoms with van der Waals surface area (Å²) in [5.74, 6) is 1.35. The maximum atomic E-state index is 2.35. The lowest BCUT2D eigenvalue weighted by Crippen LogP contribution is -2.10. The molecule has 0 aromatic heterocycles. The first-order chi connectivity index (χ1) is 11.9. The molecule has 2 aliphatic carbocycles. The van der Waals surface area contributed by atoms with E-state index in [1.807, 2.05) is 0 Å². The summed E-state index contributed by atoms with van der Waals surface area (Å²) in [6.45, 7) is 0. The van der Waals surface area contributed by atoms with Crippen molar-refractivity contribution >= 4 is 22.9 Å². The number of allylic oxidation sites excluding steroid dienone is 4. The molecule has 0 bridgehead atoms. The molecule has 0 saturated heterocycles. The summed E-state index contributed by atoms with van der Waals surface area (Å²) in [4.78, 5) is 0. The van der Waals surface area contributed by atoms with Gasteiger partial charge in [0.25, 0.3) is 0 Å². The molecule has 0 radical (unpaired) electrons. The molecule has 2 aliphatic rings. The van der Waals surface area contributed by atoms with Gasteiger partial charge in [0, 0.05) is 41.2 Å². The van der Waals surface area contributed by atoms with Crippen LogP contribution < -0.4 is 0 Å². The van der Waals surface area contributed by atoms with E-state index in [1.54, 1.807) is 0 Å². The van der Waals surface area contributed by atoms with Crippen LogP contribution in [0.15, 0.2) is 84.5 Å². The summed E-state index contributed by atoms with van der Waals surface area (Å²) >= 11 is 0. The van der Waals surface area contributed by atoms with Crippen LogP contribution in [0.4, 0.5) is 0 Å². The van der Waals surface area contributed by atoms with Gasteiger partial charge in [-0.2, -0.15) is 0 Å². The number of hydrogen-bond acceptors (Lipinski definition) is 0. The van der Waals surface area contributed by atoms with Crippen LogP contribution in [0.2, 0.25) is 0 Å². The molecule has 0 fully saturated rings. The smallest absolute Gasteiger partial charge is 0.0622 e. The van der Waals surface area contributed by atoms with Gasteiger partial charge in [-0.15, -0.1) is 0 Å². The number of hydrogen-bond donors (Lipinski definition) is 0. The van der Waals surface area contributed by atoms with Gasteiger partial charge in [-0.25, -0.2) is 0 Å². The Morgan fingerprint density at radius 3 is 2.58 bits per heavy atom. The van der Waals surface area contributed by atoms with Crippen molar-refractivity contribution in [2.75, 3.05) is 0 Å². The lowest BCUT2D eigenvalue weighted by atomic mass is 9.76. The Morgan fingerprint density at radius 2 is 1.67 bits per heavy atom. The number of rotatable bonds is 2. The van der Waals surface area contributed by atoms with Gasteiger partial charge in [-0.05, 0) is 42.0 Å². The summed E-state index contributed by atoms with van der Waals surface area (Å²) in [5.41, 5.74) is 6.72. The predicted molar refractivity (Wildman–Crippen MR) is 103 cm³/mol. The zero-order valence-electron chi connectivity index (χ0n) is 13.4. The van der Waals surface area contributed by atoms with E-state index in [1.165, 1.54) is 44.5 Å². The van der Waals surface area contributed by atoms with Crippen molar-refractivity contribution in [1.82, 2.24) is 0 Å². The van der Waals surface area contributed by atoms with E-state index < -0.39 is 0 Å². The molecule has 3 aromatic carbocycles. The Morgan fingerprint density at radius 1 is 0.750 bits per heavy atom. The van der Waals surface area contributed by atoms with Crippen LogP contribution in [0.5, 0.6) is 0 Å². The highest BCUT2D eigenvalue weighted by atomic mass is 14.3. The van der Waals surface area contributed by atoms with E-state index in [2.05, 4.69) is 91.0 Å². The molecule has 0 spiro atoms. The predicted octanol–water partition coefficient (Wildman–Crippen LogP) is 5.99.